The van der Waals surface area contributed by atoms with Gasteiger partial charge in [0.25, 0.3) is 0 Å². The number of carbonyl (C=O) groups excluding carboxylic acids is 1. The molecule has 0 fully saturated rings. The Balaban J connectivity index is 1.75. The lowest BCUT2D eigenvalue weighted by Crippen LogP contribution is -2.36. The molecule has 2 amide bonds. The molecular weight excluding hydrogens is 267 g/mol. The van der Waals surface area contributed by atoms with E-state index in [0.29, 0.717) is 5.69 Å². The second-order valence-electron chi connectivity index (χ2n) is 5.03. The highest BCUT2D eigenvalue weighted by atomic mass is 19.1. The van der Waals surface area contributed by atoms with Gasteiger partial charge in [0.1, 0.15) is 5.82 Å². The Hall–Kier alpha value is -2.36. The summed E-state index contributed by atoms with van der Waals surface area (Å²) in [6, 6.07) is 15.6. The van der Waals surface area contributed by atoms with E-state index in [-0.39, 0.29) is 17.9 Å². The van der Waals surface area contributed by atoms with Gasteiger partial charge in [-0.15, -0.1) is 0 Å². The summed E-state index contributed by atoms with van der Waals surface area (Å²) >= 11 is 0. The average molecular weight is 286 g/mol. The van der Waals surface area contributed by atoms with Crippen molar-refractivity contribution in [3.05, 3.63) is 66.0 Å². The summed E-state index contributed by atoms with van der Waals surface area (Å²) < 4.78 is 12.8. The molecule has 2 aromatic rings. The normalized spacial score (nSPS) is 11.7. The minimum absolute atomic E-state index is 0.0608. The van der Waals surface area contributed by atoms with E-state index < -0.39 is 0 Å². The molecule has 110 valence electrons. The maximum absolute atomic E-state index is 12.8. The van der Waals surface area contributed by atoms with Gasteiger partial charge in [-0.3, -0.25) is 0 Å². The van der Waals surface area contributed by atoms with Crippen molar-refractivity contribution in [1.29, 1.82) is 0 Å². The minimum Gasteiger partial charge on any atom is -0.335 e. The van der Waals surface area contributed by atoms with Gasteiger partial charge in [0.2, 0.25) is 0 Å². The van der Waals surface area contributed by atoms with Crippen LogP contribution in [0.1, 0.15) is 18.9 Å². The zero-order valence-corrected chi connectivity index (χ0v) is 12.0. The lowest BCUT2D eigenvalue weighted by atomic mass is 10.1. The van der Waals surface area contributed by atoms with Gasteiger partial charge >= 0.3 is 6.03 Å². The first-order valence-electron chi connectivity index (χ1n) is 7.00. The molecule has 0 aliphatic rings. The van der Waals surface area contributed by atoms with E-state index in [2.05, 4.69) is 22.8 Å². The number of anilines is 1. The molecule has 0 aliphatic heterocycles. The molecule has 2 rings (SSSR count). The number of nitrogens with one attached hydrogen (secondary N) is 2. The van der Waals surface area contributed by atoms with E-state index in [9.17, 15) is 9.18 Å². The Bertz CT molecular complexity index is 569. The van der Waals surface area contributed by atoms with E-state index >= 15 is 0 Å². The van der Waals surface area contributed by atoms with Crippen molar-refractivity contribution >= 4 is 11.7 Å². The molecule has 1 unspecified atom stereocenters. The van der Waals surface area contributed by atoms with Crippen LogP contribution in [0.5, 0.6) is 0 Å². The highest BCUT2D eigenvalue weighted by molar-refractivity contribution is 5.89. The van der Waals surface area contributed by atoms with Crippen LogP contribution in [0.2, 0.25) is 0 Å². The molecule has 2 aromatic carbocycles. The number of benzene rings is 2. The van der Waals surface area contributed by atoms with Crippen LogP contribution in [0.15, 0.2) is 54.6 Å². The van der Waals surface area contributed by atoms with Crippen molar-refractivity contribution in [1.82, 2.24) is 5.32 Å². The fraction of sp³-hybridized carbons (Fsp3) is 0.235. The highest BCUT2D eigenvalue weighted by Gasteiger charge is 2.07. The summed E-state index contributed by atoms with van der Waals surface area (Å²) in [5, 5.41) is 5.55. The molecule has 2 N–H and O–H groups in total. The van der Waals surface area contributed by atoms with Crippen molar-refractivity contribution < 1.29 is 9.18 Å². The number of aryl methyl sites for hydroxylation is 1. The van der Waals surface area contributed by atoms with Crippen LogP contribution in [0.3, 0.4) is 0 Å². The van der Waals surface area contributed by atoms with Gasteiger partial charge in [-0.2, -0.15) is 0 Å². The topological polar surface area (TPSA) is 41.1 Å². The van der Waals surface area contributed by atoms with Crippen LogP contribution < -0.4 is 10.6 Å². The summed E-state index contributed by atoms with van der Waals surface area (Å²) in [6.45, 7) is 1.97. The first-order valence-corrected chi connectivity index (χ1v) is 7.00. The van der Waals surface area contributed by atoms with Crippen molar-refractivity contribution in [2.24, 2.45) is 0 Å². The van der Waals surface area contributed by atoms with Crippen LogP contribution in [-0.2, 0) is 6.42 Å². The highest BCUT2D eigenvalue weighted by Crippen LogP contribution is 2.08. The Morgan fingerprint density at radius 1 is 1.10 bits per heavy atom. The van der Waals surface area contributed by atoms with Gasteiger partial charge in [0.15, 0.2) is 0 Å². The van der Waals surface area contributed by atoms with Crippen LogP contribution in [-0.4, -0.2) is 12.1 Å². The summed E-state index contributed by atoms with van der Waals surface area (Å²) in [5.74, 6) is -0.322. The fourth-order valence-corrected chi connectivity index (χ4v) is 2.02. The summed E-state index contributed by atoms with van der Waals surface area (Å²) in [4.78, 5) is 11.8. The average Bonchev–Trinajstić information content (AvgIpc) is 2.48. The summed E-state index contributed by atoms with van der Waals surface area (Å²) in [6.07, 6.45) is 1.78. The molecule has 0 heterocycles. The van der Waals surface area contributed by atoms with Crippen molar-refractivity contribution in [3.8, 4) is 0 Å². The van der Waals surface area contributed by atoms with Gasteiger partial charge in [-0.25, -0.2) is 9.18 Å². The van der Waals surface area contributed by atoms with Crippen LogP contribution in [0, 0.1) is 5.82 Å². The molecular formula is C17H19FN2O. The van der Waals surface area contributed by atoms with Gasteiger partial charge in [0.05, 0.1) is 0 Å². The number of hydrogen-bond donors (Lipinski definition) is 2. The largest absolute Gasteiger partial charge is 0.335 e. The van der Waals surface area contributed by atoms with Crippen LogP contribution in [0.4, 0.5) is 14.9 Å². The number of carbonyl (C=O) groups is 1. The van der Waals surface area contributed by atoms with E-state index in [0.717, 1.165) is 12.8 Å². The first-order chi connectivity index (χ1) is 10.1. The Labute approximate surface area is 124 Å². The van der Waals surface area contributed by atoms with E-state index in [1.807, 2.05) is 25.1 Å². The minimum atomic E-state index is -0.322. The molecule has 0 aromatic heterocycles. The van der Waals surface area contributed by atoms with E-state index in [1.54, 1.807) is 0 Å². The SMILES string of the molecule is CC(CCc1ccccc1)NC(=O)Nc1ccc(F)cc1. The van der Waals surface area contributed by atoms with E-state index in [4.69, 9.17) is 0 Å². The summed E-state index contributed by atoms with van der Waals surface area (Å²) in [5.41, 5.74) is 1.83. The molecule has 0 aliphatic carbocycles. The zero-order chi connectivity index (χ0) is 15.1. The zero-order valence-electron chi connectivity index (χ0n) is 12.0. The molecule has 0 radical (unpaired) electrons. The number of rotatable bonds is 5. The van der Waals surface area contributed by atoms with Crippen LogP contribution in [0.25, 0.3) is 0 Å². The molecule has 21 heavy (non-hydrogen) atoms. The maximum atomic E-state index is 12.8. The van der Waals surface area contributed by atoms with Gasteiger partial charge in [-0.05, 0) is 49.6 Å². The molecule has 1 atom stereocenters. The van der Waals surface area contributed by atoms with Crippen LogP contribution >= 0.6 is 0 Å². The smallest absolute Gasteiger partial charge is 0.319 e. The standard InChI is InChI=1S/C17H19FN2O/c1-13(7-8-14-5-3-2-4-6-14)19-17(21)20-16-11-9-15(18)10-12-16/h2-6,9-13H,7-8H2,1H3,(H2,19,20,21). The molecule has 0 saturated heterocycles. The third-order valence-electron chi connectivity index (χ3n) is 3.19. The van der Waals surface area contributed by atoms with Gasteiger partial charge in [0, 0.05) is 11.7 Å². The molecule has 0 saturated carbocycles. The molecule has 4 heteroatoms. The first kappa shape index (κ1) is 15.0. The Morgan fingerprint density at radius 3 is 2.43 bits per heavy atom. The molecule has 0 bridgehead atoms. The number of urea groups is 1. The lowest BCUT2D eigenvalue weighted by Gasteiger charge is -2.14. The quantitative estimate of drug-likeness (QED) is 0.858. The fourth-order valence-electron chi connectivity index (χ4n) is 2.02. The van der Waals surface area contributed by atoms with Crippen molar-refractivity contribution in [2.45, 2.75) is 25.8 Å². The second kappa shape index (κ2) is 7.43. The summed E-state index contributed by atoms with van der Waals surface area (Å²) in [7, 11) is 0. The lowest BCUT2D eigenvalue weighted by molar-refractivity contribution is 0.248. The second-order valence-corrected chi connectivity index (χ2v) is 5.03. The Kier molecular flexibility index (Phi) is 5.32. The molecule has 3 nitrogen and oxygen atoms in total. The Morgan fingerprint density at radius 2 is 1.76 bits per heavy atom. The molecule has 0 spiro atoms. The van der Waals surface area contributed by atoms with Gasteiger partial charge < -0.3 is 10.6 Å². The third kappa shape index (κ3) is 5.26. The number of halogens is 1. The predicted octanol–water partition coefficient (Wildman–Crippen LogP) is 3.97. The number of hydrogen-bond acceptors (Lipinski definition) is 1. The predicted molar refractivity (Wildman–Crippen MR) is 82.8 cm³/mol. The monoisotopic (exact) mass is 286 g/mol. The third-order valence-corrected chi connectivity index (χ3v) is 3.19. The van der Waals surface area contributed by atoms with Crippen molar-refractivity contribution in [3.63, 3.8) is 0 Å². The number of amides is 2. The van der Waals surface area contributed by atoms with E-state index in [1.165, 1.54) is 29.8 Å². The van der Waals surface area contributed by atoms with Gasteiger partial charge in [-0.1, -0.05) is 30.3 Å². The maximum Gasteiger partial charge on any atom is 0.319 e. The van der Waals surface area contributed by atoms with Crippen molar-refractivity contribution in [2.75, 3.05) is 5.32 Å².